The molecule has 2 heteroatoms. The van der Waals surface area contributed by atoms with E-state index in [4.69, 9.17) is 6.42 Å². The van der Waals surface area contributed by atoms with Crippen molar-refractivity contribution in [3.63, 3.8) is 0 Å². The molecule has 0 radical (unpaired) electrons. The van der Waals surface area contributed by atoms with Gasteiger partial charge in [-0.2, -0.15) is 0 Å². The van der Waals surface area contributed by atoms with E-state index in [1.165, 1.54) is 70.6 Å². The summed E-state index contributed by atoms with van der Waals surface area (Å²) in [5.41, 5.74) is 0. The van der Waals surface area contributed by atoms with Crippen molar-refractivity contribution in [1.29, 1.82) is 0 Å². The summed E-state index contributed by atoms with van der Waals surface area (Å²) in [6.07, 6.45) is 21.4. The maximum atomic E-state index is 5.67. The first-order valence-corrected chi connectivity index (χ1v) is 9.24. The van der Waals surface area contributed by atoms with Crippen LogP contribution in [0.2, 0.25) is 0 Å². The van der Waals surface area contributed by atoms with Crippen molar-refractivity contribution in [2.45, 2.75) is 82.7 Å². The highest BCUT2D eigenvalue weighted by molar-refractivity contribution is 4.98. The summed E-state index contributed by atoms with van der Waals surface area (Å²) in [5, 5.41) is 5.10. The highest BCUT2D eigenvalue weighted by Gasteiger charge is 2.43. The molecule has 1 heterocycles. The lowest BCUT2D eigenvalue weighted by molar-refractivity contribution is -0.0243. The first-order chi connectivity index (χ1) is 10.3. The molecule has 3 fully saturated rings. The van der Waals surface area contributed by atoms with Gasteiger partial charge in [0, 0.05) is 19.1 Å². The van der Waals surface area contributed by atoms with Gasteiger partial charge in [0.15, 0.2) is 0 Å². The minimum atomic E-state index is 0.721. The molecule has 3 rings (SSSR count). The molecule has 0 aromatic heterocycles. The molecule has 2 saturated carbocycles. The van der Waals surface area contributed by atoms with Crippen LogP contribution < -0.4 is 0 Å². The summed E-state index contributed by atoms with van der Waals surface area (Å²) in [4.78, 5) is 0. The lowest BCUT2D eigenvalue weighted by atomic mass is 9.78. The van der Waals surface area contributed by atoms with Crippen LogP contribution in [0.3, 0.4) is 0 Å². The zero-order chi connectivity index (χ0) is 14.7. The van der Waals surface area contributed by atoms with E-state index < -0.39 is 0 Å². The van der Waals surface area contributed by atoms with Crippen LogP contribution in [0.15, 0.2) is 0 Å². The summed E-state index contributed by atoms with van der Waals surface area (Å²) in [6.45, 7) is 0.806. The van der Waals surface area contributed by atoms with Gasteiger partial charge in [-0.3, -0.25) is 0 Å². The third-order valence-corrected chi connectivity index (χ3v) is 6.39. The molecule has 1 aliphatic heterocycles. The molecule has 0 amide bonds. The Kier molecular flexibility index (Phi) is 5.24. The van der Waals surface area contributed by atoms with Crippen LogP contribution in [0.4, 0.5) is 0 Å². The molecule has 118 valence electrons. The summed E-state index contributed by atoms with van der Waals surface area (Å²) in [6, 6.07) is 1.48. The van der Waals surface area contributed by atoms with Gasteiger partial charge in [-0.1, -0.05) is 44.4 Å². The molecule has 0 N–H and O–H groups in total. The van der Waals surface area contributed by atoms with Gasteiger partial charge in [-0.15, -0.1) is 6.42 Å². The lowest BCUT2D eigenvalue weighted by Gasteiger charge is -2.37. The molecule has 1 saturated heterocycles. The Morgan fingerprint density at radius 2 is 1.38 bits per heavy atom. The zero-order valence-corrected chi connectivity index (χ0v) is 13.8. The van der Waals surface area contributed by atoms with Gasteiger partial charge in [-0.05, 0) is 43.9 Å². The fourth-order valence-electron chi connectivity index (χ4n) is 5.24. The second kappa shape index (κ2) is 7.16. The van der Waals surface area contributed by atoms with E-state index in [9.17, 15) is 0 Å². The average Bonchev–Trinajstić information content (AvgIpc) is 2.87. The number of hydrazine groups is 1. The number of terminal acetylenes is 1. The van der Waals surface area contributed by atoms with E-state index in [0.717, 1.165) is 30.5 Å². The minimum Gasteiger partial charge on any atom is -0.240 e. The Hall–Kier alpha value is -0.520. The van der Waals surface area contributed by atoms with E-state index >= 15 is 0 Å². The van der Waals surface area contributed by atoms with Crippen LogP contribution in [0.5, 0.6) is 0 Å². The second-order valence-electron chi connectivity index (χ2n) is 7.54. The van der Waals surface area contributed by atoms with Crippen LogP contribution in [-0.4, -0.2) is 35.7 Å². The second-order valence-corrected chi connectivity index (χ2v) is 7.54. The minimum absolute atomic E-state index is 0.721. The molecule has 2 atom stereocenters. The summed E-state index contributed by atoms with van der Waals surface area (Å²) in [7, 11) is 2.30. The van der Waals surface area contributed by atoms with Crippen molar-refractivity contribution < 1.29 is 0 Å². The molecule has 0 bridgehead atoms. The van der Waals surface area contributed by atoms with Gasteiger partial charge < -0.3 is 0 Å². The Labute approximate surface area is 131 Å². The van der Waals surface area contributed by atoms with Crippen LogP contribution >= 0.6 is 0 Å². The molecule has 0 spiro atoms. The molecular weight excluding hydrogens is 256 g/mol. The van der Waals surface area contributed by atoms with Crippen molar-refractivity contribution in [2.24, 2.45) is 11.8 Å². The first-order valence-electron chi connectivity index (χ1n) is 9.24. The fraction of sp³-hybridized carbons (Fsp3) is 0.895. The Balaban J connectivity index is 1.70. The van der Waals surface area contributed by atoms with Crippen molar-refractivity contribution in [3.8, 4) is 12.3 Å². The maximum absolute atomic E-state index is 5.67. The molecule has 3 aliphatic rings. The molecule has 21 heavy (non-hydrogen) atoms. The van der Waals surface area contributed by atoms with Gasteiger partial charge in [0.25, 0.3) is 0 Å². The molecule has 0 aromatic carbocycles. The van der Waals surface area contributed by atoms with E-state index in [2.05, 4.69) is 23.0 Å². The van der Waals surface area contributed by atoms with Crippen molar-refractivity contribution in [1.82, 2.24) is 10.0 Å². The van der Waals surface area contributed by atoms with Crippen LogP contribution in [0.25, 0.3) is 0 Å². The predicted octanol–water partition coefficient (Wildman–Crippen LogP) is 4.07. The highest BCUT2D eigenvalue weighted by atomic mass is 15.7. The van der Waals surface area contributed by atoms with Crippen molar-refractivity contribution >= 4 is 0 Å². The van der Waals surface area contributed by atoms with Gasteiger partial charge in [0.2, 0.25) is 0 Å². The standard InChI is InChI=1S/C19H32N2/c1-3-14-21-19(17-12-8-5-9-13-17)15-18(20(21)2)16-10-6-4-7-11-16/h1,16-19H,4-15H2,2H3. The third-order valence-electron chi connectivity index (χ3n) is 6.39. The van der Waals surface area contributed by atoms with Gasteiger partial charge in [-0.25, -0.2) is 10.0 Å². The number of rotatable bonds is 3. The van der Waals surface area contributed by atoms with Gasteiger partial charge in [0.1, 0.15) is 0 Å². The van der Waals surface area contributed by atoms with Gasteiger partial charge >= 0.3 is 0 Å². The van der Waals surface area contributed by atoms with E-state index in [1.54, 1.807) is 0 Å². The third kappa shape index (κ3) is 3.30. The quantitative estimate of drug-likeness (QED) is 0.722. The number of nitrogens with zero attached hydrogens (tertiary/aromatic N) is 2. The zero-order valence-electron chi connectivity index (χ0n) is 13.8. The fourth-order valence-corrected chi connectivity index (χ4v) is 5.24. The van der Waals surface area contributed by atoms with Crippen molar-refractivity contribution in [2.75, 3.05) is 13.6 Å². The molecule has 2 aliphatic carbocycles. The maximum Gasteiger partial charge on any atom is 0.0745 e. The largest absolute Gasteiger partial charge is 0.240 e. The normalized spacial score (nSPS) is 34.1. The SMILES string of the molecule is C#CCN1C(C2CCCCC2)CC(C2CCCCC2)N1C. The lowest BCUT2D eigenvalue weighted by Crippen LogP contribution is -2.45. The van der Waals surface area contributed by atoms with Crippen LogP contribution in [-0.2, 0) is 0 Å². The first kappa shape index (κ1) is 15.4. The highest BCUT2D eigenvalue weighted by Crippen LogP contribution is 2.41. The molecule has 2 unspecified atom stereocenters. The molecule has 0 aromatic rings. The smallest absolute Gasteiger partial charge is 0.0745 e. The Bertz CT molecular complexity index is 360. The Morgan fingerprint density at radius 3 is 1.90 bits per heavy atom. The van der Waals surface area contributed by atoms with Crippen molar-refractivity contribution in [3.05, 3.63) is 0 Å². The summed E-state index contributed by atoms with van der Waals surface area (Å²) in [5.74, 6) is 4.72. The van der Waals surface area contributed by atoms with Crippen LogP contribution in [0, 0.1) is 24.2 Å². The molecule has 2 nitrogen and oxygen atoms in total. The average molecular weight is 288 g/mol. The summed E-state index contributed by atoms with van der Waals surface area (Å²) < 4.78 is 0. The Morgan fingerprint density at radius 1 is 0.857 bits per heavy atom. The number of hydrogen-bond donors (Lipinski definition) is 0. The van der Waals surface area contributed by atoms with E-state index in [0.29, 0.717) is 0 Å². The van der Waals surface area contributed by atoms with Gasteiger partial charge in [0.05, 0.1) is 6.54 Å². The number of hydrogen-bond acceptors (Lipinski definition) is 2. The van der Waals surface area contributed by atoms with Crippen LogP contribution in [0.1, 0.15) is 70.6 Å². The predicted molar refractivity (Wildman–Crippen MR) is 88.6 cm³/mol. The monoisotopic (exact) mass is 288 g/mol. The van der Waals surface area contributed by atoms with E-state index in [-0.39, 0.29) is 0 Å². The topological polar surface area (TPSA) is 6.48 Å². The molecular formula is C19H32N2. The van der Waals surface area contributed by atoms with E-state index in [1.807, 2.05) is 0 Å². The summed E-state index contributed by atoms with van der Waals surface area (Å²) >= 11 is 0.